The normalized spacial score (nSPS) is 19.4. The average Bonchev–Trinajstić information content (AvgIpc) is 2.44. The van der Waals surface area contributed by atoms with Crippen LogP contribution in [0, 0.1) is 5.92 Å². The summed E-state index contributed by atoms with van der Waals surface area (Å²) in [5.41, 5.74) is 2.59. The molecule has 108 valence electrons. The molecule has 1 atom stereocenters. The van der Waals surface area contributed by atoms with Crippen molar-refractivity contribution in [2.75, 3.05) is 6.54 Å². The van der Waals surface area contributed by atoms with Crippen molar-refractivity contribution in [3.63, 3.8) is 0 Å². The third-order valence-electron chi connectivity index (χ3n) is 3.64. The summed E-state index contributed by atoms with van der Waals surface area (Å²) in [5.74, 6) is -0.444. The zero-order valence-electron chi connectivity index (χ0n) is 11.8. The fourth-order valence-corrected chi connectivity index (χ4v) is 2.54. The zero-order chi connectivity index (χ0) is 14.7. The van der Waals surface area contributed by atoms with Gasteiger partial charge in [-0.2, -0.15) is 0 Å². The van der Waals surface area contributed by atoms with Crippen molar-refractivity contribution in [3.05, 3.63) is 41.5 Å². The second-order valence-corrected chi connectivity index (χ2v) is 5.08. The van der Waals surface area contributed by atoms with Gasteiger partial charge in [-0.05, 0) is 18.4 Å². The Kier molecular flexibility index (Phi) is 4.53. The molecule has 1 aliphatic rings. The maximum absolute atomic E-state index is 12.8. The number of allylic oxidation sites excluding steroid dienone is 1. The summed E-state index contributed by atoms with van der Waals surface area (Å²) in [6.45, 7) is 3.26. The molecule has 1 amide bonds. The molecule has 0 fully saturated rings. The summed E-state index contributed by atoms with van der Waals surface area (Å²) in [6.07, 6.45) is 0.788. The van der Waals surface area contributed by atoms with Gasteiger partial charge in [0.25, 0.3) is 6.43 Å². The van der Waals surface area contributed by atoms with Gasteiger partial charge in [0.15, 0.2) is 0 Å². The molecule has 20 heavy (non-hydrogen) atoms. The summed E-state index contributed by atoms with van der Waals surface area (Å²) >= 11 is 0. The first-order valence-corrected chi connectivity index (χ1v) is 6.92. The van der Waals surface area contributed by atoms with Crippen LogP contribution in [0.2, 0.25) is 0 Å². The van der Waals surface area contributed by atoms with Crippen LogP contribution >= 0.6 is 0 Å². The van der Waals surface area contributed by atoms with Gasteiger partial charge < -0.3 is 4.90 Å². The highest BCUT2D eigenvalue weighted by atomic mass is 19.3. The second kappa shape index (κ2) is 6.16. The van der Waals surface area contributed by atoms with Gasteiger partial charge in [0.1, 0.15) is 0 Å². The Morgan fingerprint density at radius 1 is 1.35 bits per heavy atom. The van der Waals surface area contributed by atoms with Crippen molar-refractivity contribution in [1.29, 1.82) is 0 Å². The predicted molar refractivity (Wildman–Crippen MR) is 75.3 cm³/mol. The summed E-state index contributed by atoms with van der Waals surface area (Å²) < 4.78 is 25.5. The highest BCUT2D eigenvalue weighted by Gasteiger charge is 2.30. The van der Waals surface area contributed by atoms with Crippen LogP contribution < -0.4 is 0 Å². The van der Waals surface area contributed by atoms with E-state index in [2.05, 4.69) is 0 Å². The molecular weight excluding hydrogens is 260 g/mol. The van der Waals surface area contributed by atoms with Crippen LogP contribution in [0.1, 0.15) is 31.4 Å². The smallest absolute Gasteiger partial charge is 0.256 e. The lowest BCUT2D eigenvalue weighted by molar-refractivity contribution is -0.133. The number of alkyl halides is 2. The van der Waals surface area contributed by atoms with Crippen LogP contribution in [0.4, 0.5) is 8.78 Å². The molecule has 1 aliphatic heterocycles. The van der Waals surface area contributed by atoms with E-state index in [1.165, 1.54) is 4.90 Å². The number of hydrogen-bond donors (Lipinski definition) is 0. The molecule has 1 aromatic rings. The Morgan fingerprint density at radius 2 is 2.05 bits per heavy atom. The van der Waals surface area contributed by atoms with Gasteiger partial charge in [-0.3, -0.25) is 4.79 Å². The van der Waals surface area contributed by atoms with E-state index in [4.69, 9.17) is 0 Å². The molecule has 1 aromatic carbocycles. The van der Waals surface area contributed by atoms with Gasteiger partial charge in [-0.25, -0.2) is 8.78 Å². The number of hydrogen-bond acceptors (Lipinski definition) is 1. The van der Waals surface area contributed by atoms with Gasteiger partial charge in [0.2, 0.25) is 5.91 Å². The number of nitrogens with zero attached hydrogens (tertiary/aromatic N) is 1. The van der Waals surface area contributed by atoms with E-state index in [0.717, 1.165) is 17.5 Å². The average molecular weight is 279 g/mol. The van der Waals surface area contributed by atoms with Crippen LogP contribution in [-0.4, -0.2) is 23.8 Å². The van der Waals surface area contributed by atoms with Crippen LogP contribution in [0.3, 0.4) is 0 Å². The van der Waals surface area contributed by atoms with Gasteiger partial charge >= 0.3 is 0 Å². The maximum atomic E-state index is 12.8. The number of carbonyl (C=O) groups excluding carboxylic acids is 1. The number of halogens is 2. The Labute approximate surface area is 118 Å². The van der Waals surface area contributed by atoms with Gasteiger partial charge in [0.05, 0.1) is 6.54 Å². The molecule has 0 spiro atoms. The molecule has 2 nitrogen and oxygen atoms in total. The molecule has 0 aliphatic carbocycles. The first-order chi connectivity index (χ1) is 9.54. The van der Waals surface area contributed by atoms with Crippen molar-refractivity contribution < 1.29 is 13.6 Å². The SMILES string of the molecule is CCc1ccccc1C1=CCC(C)C(=O)N1CC(F)F. The van der Waals surface area contributed by atoms with Crippen LogP contribution in [0.25, 0.3) is 5.70 Å². The van der Waals surface area contributed by atoms with Gasteiger partial charge in [-0.1, -0.05) is 44.2 Å². The lowest BCUT2D eigenvalue weighted by Crippen LogP contribution is -2.39. The van der Waals surface area contributed by atoms with E-state index in [-0.39, 0.29) is 11.8 Å². The maximum Gasteiger partial charge on any atom is 0.256 e. The molecule has 1 unspecified atom stereocenters. The minimum absolute atomic E-state index is 0.214. The molecule has 4 heteroatoms. The molecule has 0 N–H and O–H groups in total. The third-order valence-corrected chi connectivity index (χ3v) is 3.64. The topological polar surface area (TPSA) is 20.3 Å². The Balaban J connectivity index is 2.43. The van der Waals surface area contributed by atoms with Crippen molar-refractivity contribution in [2.24, 2.45) is 5.92 Å². The van der Waals surface area contributed by atoms with Gasteiger partial charge in [0, 0.05) is 17.2 Å². The molecular formula is C16H19F2NO. The van der Waals surface area contributed by atoms with E-state index in [0.29, 0.717) is 12.1 Å². The van der Waals surface area contributed by atoms with Crippen LogP contribution in [0.5, 0.6) is 0 Å². The highest BCUT2D eigenvalue weighted by Crippen LogP contribution is 2.31. The quantitative estimate of drug-likeness (QED) is 0.822. The van der Waals surface area contributed by atoms with E-state index >= 15 is 0 Å². The molecule has 0 saturated carbocycles. The lowest BCUT2D eigenvalue weighted by Gasteiger charge is -2.32. The summed E-state index contributed by atoms with van der Waals surface area (Å²) in [7, 11) is 0. The van der Waals surface area contributed by atoms with Crippen molar-refractivity contribution in [3.8, 4) is 0 Å². The summed E-state index contributed by atoms with van der Waals surface area (Å²) in [5, 5.41) is 0. The minimum Gasteiger partial charge on any atom is -0.306 e. The van der Waals surface area contributed by atoms with Gasteiger partial charge in [-0.15, -0.1) is 0 Å². The number of benzene rings is 1. The zero-order valence-corrected chi connectivity index (χ0v) is 11.8. The van der Waals surface area contributed by atoms with E-state index in [1.54, 1.807) is 6.92 Å². The molecule has 0 saturated heterocycles. The van der Waals surface area contributed by atoms with Crippen molar-refractivity contribution in [1.82, 2.24) is 4.90 Å². The largest absolute Gasteiger partial charge is 0.306 e. The van der Waals surface area contributed by atoms with E-state index < -0.39 is 13.0 Å². The molecule has 0 aromatic heterocycles. The first kappa shape index (κ1) is 14.7. The highest BCUT2D eigenvalue weighted by molar-refractivity contribution is 5.91. The summed E-state index contributed by atoms with van der Waals surface area (Å²) in [6, 6.07) is 7.66. The fourth-order valence-electron chi connectivity index (χ4n) is 2.54. The monoisotopic (exact) mass is 279 g/mol. The molecule has 0 radical (unpaired) electrons. The number of rotatable bonds is 4. The first-order valence-electron chi connectivity index (χ1n) is 6.92. The Hall–Kier alpha value is -1.71. The molecule has 1 heterocycles. The number of aryl methyl sites for hydroxylation is 1. The molecule has 0 bridgehead atoms. The van der Waals surface area contributed by atoms with Crippen molar-refractivity contribution in [2.45, 2.75) is 33.1 Å². The van der Waals surface area contributed by atoms with E-state index in [9.17, 15) is 13.6 Å². The fraction of sp³-hybridized carbons (Fsp3) is 0.438. The lowest BCUT2D eigenvalue weighted by atomic mass is 9.94. The van der Waals surface area contributed by atoms with E-state index in [1.807, 2.05) is 37.3 Å². The Bertz CT molecular complexity index is 525. The van der Waals surface area contributed by atoms with Crippen LogP contribution in [-0.2, 0) is 11.2 Å². The van der Waals surface area contributed by atoms with Crippen LogP contribution in [0.15, 0.2) is 30.3 Å². The number of amides is 1. The predicted octanol–water partition coefficient (Wildman–Crippen LogP) is 3.72. The standard InChI is InChI=1S/C16H19F2NO/c1-3-12-6-4-5-7-13(12)14-9-8-11(2)16(20)19(14)10-15(17)18/h4-7,9,11,15H,3,8,10H2,1-2H3. The third kappa shape index (κ3) is 2.89. The van der Waals surface area contributed by atoms with Crippen molar-refractivity contribution >= 4 is 11.6 Å². The summed E-state index contributed by atoms with van der Waals surface area (Å²) in [4.78, 5) is 13.4. The Morgan fingerprint density at radius 3 is 2.70 bits per heavy atom. The minimum atomic E-state index is -2.53. The second-order valence-electron chi connectivity index (χ2n) is 5.08. The molecule has 2 rings (SSSR count). The number of carbonyl (C=O) groups is 1.